The van der Waals surface area contributed by atoms with Gasteiger partial charge in [-0.25, -0.2) is 0 Å². The molecular formula is C16H15ClO5. The highest BCUT2D eigenvalue weighted by Crippen LogP contribution is 2.53. The second-order valence-corrected chi connectivity index (χ2v) is 5.60. The van der Waals surface area contributed by atoms with E-state index in [0.717, 1.165) is 0 Å². The van der Waals surface area contributed by atoms with Gasteiger partial charge >= 0.3 is 11.9 Å². The molecule has 0 saturated heterocycles. The standard InChI is InChI=1S/C16H15ClO5/c1-10-4-6-16(13(19)21-2,14(20)22-3)9-15(10)7-5-11(18)8-12(15)17/h4-8H,1,9H2,2-3H3. The first kappa shape index (κ1) is 16.2. The molecular weight excluding hydrogens is 308 g/mol. The molecule has 0 bridgehead atoms. The van der Waals surface area contributed by atoms with E-state index in [2.05, 4.69) is 6.58 Å². The summed E-state index contributed by atoms with van der Waals surface area (Å²) < 4.78 is 9.53. The lowest BCUT2D eigenvalue weighted by molar-refractivity contribution is -0.166. The average molecular weight is 323 g/mol. The lowest BCUT2D eigenvalue weighted by Crippen LogP contribution is -2.46. The Hall–Kier alpha value is -2.14. The summed E-state index contributed by atoms with van der Waals surface area (Å²) in [7, 11) is 2.38. The van der Waals surface area contributed by atoms with Crippen LogP contribution in [0.1, 0.15) is 6.42 Å². The average Bonchev–Trinajstić information content (AvgIpc) is 2.51. The summed E-state index contributed by atoms with van der Waals surface area (Å²) >= 11 is 6.26. The zero-order chi connectivity index (χ0) is 16.5. The van der Waals surface area contributed by atoms with E-state index in [0.29, 0.717) is 5.57 Å². The molecule has 1 unspecified atom stereocenters. The largest absolute Gasteiger partial charge is 0.468 e. The summed E-state index contributed by atoms with van der Waals surface area (Å²) in [6.45, 7) is 3.92. The molecule has 0 amide bonds. The number of ketones is 1. The third kappa shape index (κ3) is 2.22. The van der Waals surface area contributed by atoms with Crippen molar-refractivity contribution in [2.24, 2.45) is 10.8 Å². The van der Waals surface area contributed by atoms with E-state index in [1.807, 2.05) is 0 Å². The Morgan fingerprint density at radius 2 is 1.77 bits per heavy atom. The molecule has 0 aliphatic heterocycles. The molecule has 2 aliphatic carbocycles. The maximum atomic E-state index is 12.2. The third-order valence-corrected chi connectivity index (χ3v) is 4.47. The first-order chi connectivity index (χ1) is 10.3. The molecule has 1 atom stereocenters. The van der Waals surface area contributed by atoms with Gasteiger partial charge in [-0.1, -0.05) is 36.4 Å². The molecule has 2 rings (SSSR count). The van der Waals surface area contributed by atoms with Gasteiger partial charge in [0.15, 0.2) is 11.2 Å². The Morgan fingerprint density at radius 1 is 1.18 bits per heavy atom. The number of carbonyl (C=O) groups is 3. The van der Waals surface area contributed by atoms with Crippen molar-refractivity contribution < 1.29 is 23.9 Å². The van der Waals surface area contributed by atoms with Crippen molar-refractivity contribution in [3.05, 3.63) is 47.6 Å². The predicted molar refractivity (Wildman–Crippen MR) is 79.9 cm³/mol. The number of rotatable bonds is 2. The molecule has 1 spiro atoms. The first-order valence-electron chi connectivity index (χ1n) is 6.49. The minimum absolute atomic E-state index is 0.0478. The molecule has 0 heterocycles. The van der Waals surface area contributed by atoms with Crippen LogP contribution in [0.5, 0.6) is 0 Å². The number of carbonyl (C=O) groups excluding carboxylic acids is 3. The van der Waals surface area contributed by atoms with Crippen LogP contribution in [0.3, 0.4) is 0 Å². The lowest BCUT2D eigenvalue weighted by atomic mass is 9.62. The van der Waals surface area contributed by atoms with Crippen LogP contribution in [-0.4, -0.2) is 31.9 Å². The van der Waals surface area contributed by atoms with Crippen molar-refractivity contribution >= 4 is 29.3 Å². The van der Waals surface area contributed by atoms with E-state index in [9.17, 15) is 14.4 Å². The van der Waals surface area contributed by atoms with Crippen molar-refractivity contribution in [2.45, 2.75) is 6.42 Å². The highest BCUT2D eigenvalue weighted by atomic mass is 35.5. The van der Waals surface area contributed by atoms with Crippen LogP contribution in [0.2, 0.25) is 0 Å². The number of allylic oxidation sites excluding steroid dienone is 6. The molecule has 6 heteroatoms. The molecule has 0 aromatic rings. The molecule has 5 nitrogen and oxygen atoms in total. The number of hydrogen-bond donors (Lipinski definition) is 0. The lowest BCUT2D eigenvalue weighted by Gasteiger charge is -2.42. The number of ether oxygens (including phenoxy) is 2. The van der Waals surface area contributed by atoms with Crippen molar-refractivity contribution in [1.29, 1.82) is 0 Å². The summed E-state index contributed by atoms with van der Waals surface area (Å²) in [5, 5.41) is 0.200. The monoisotopic (exact) mass is 322 g/mol. The molecule has 0 N–H and O–H groups in total. The van der Waals surface area contributed by atoms with E-state index < -0.39 is 22.8 Å². The zero-order valence-corrected chi connectivity index (χ0v) is 13.0. The topological polar surface area (TPSA) is 69.7 Å². The molecule has 0 saturated carbocycles. The van der Waals surface area contributed by atoms with Crippen LogP contribution in [0.4, 0.5) is 0 Å². The van der Waals surface area contributed by atoms with E-state index in [1.54, 1.807) is 6.08 Å². The van der Waals surface area contributed by atoms with Crippen molar-refractivity contribution in [3.63, 3.8) is 0 Å². The number of hydrogen-bond acceptors (Lipinski definition) is 5. The quantitative estimate of drug-likeness (QED) is 0.575. The second kappa shape index (κ2) is 5.57. The Balaban J connectivity index is 2.61. The van der Waals surface area contributed by atoms with Gasteiger partial charge in [0, 0.05) is 11.1 Å². The number of esters is 2. The Labute approximate surface area is 132 Å². The summed E-state index contributed by atoms with van der Waals surface area (Å²) in [5.74, 6) is -1.77. The van der Waals surface area contributed by atoms with Gasteiger partial charge in [-0.2, -0.15) is 0 Å². The third-order valence-electron chi connectivity index (χ3n) is 4.03. The first-order valence-corrected chi connectivity index (χ1v) is 6.86. The Morgan fingerprint density at radius 3 is 2.27 bits per heavy atom. The Kier molecular flexibility index (Phi) is 4.11. The smallest absolute Gasteiger partial charge is 0.327 e. The van der Waals surface area contributed by atoms with E-state index in [-0.39, 0.29) is 17.2 Å². The van der Waals surface area contributed by atoms with E-state index in [1.165, 1.54) is 38.5 Å². The van der Waals surface area contributed by atoms with Crippen LogP contribution >= 0.6 is 11.6 Å². The minimum Gasteiger partial charge on any atom is -0.468 e. The molecule has 0 aromatic carbocycles. The van der Waals surface area contributed by atoms with Gasteiger partial charge in [0.1, 0.15) is 0 Å². The summed E-state index contributed by atoms with van der Waals surface area (Å²) in [5.41, 5.74) is -2.07. The van der Waals surface area contributed by atoms with Crippen LogP contribution in [0.25, 0.3) is 0 Å². The minimum atomic E-state index is -1.64. The van der Waals surface area contributed by atoms with Gasteiger partial charge in [0.2, 0.25) is 0 Å². The van der Waals surface area contributed by atoms with Crippen molar-refractivity contribution in [1.82, 2.24) is 0 Å². The Bertz CT molecular complexity index is 639. The molecule has 0 radical (unpaired) electrons. The van der Waals surface area contributed by atoms with Crippen LogP contribution in [-0.2, 0) is 23.9 Å². The van der Waals surface area contributed by atoms with Gasteiger partial charge in [0.25, 0.3) is 0 Å². The van der Waals surface area contributed by atoms with Crippen LogP contribution < -0.4 is 0 Å². The highest BCUT2D eigenvalue weighted by molar-refractivity contribution is 6.33. The predicted octanol–water partition coefficient (Wildman–Crippen LogP) is 2.08. The molecule has 0 fully saturated rings. The van der Waals surface area contributed by atoms with Gasteiger partial charge in [-0.3, -0.25) is 14.4 Å². The highest BCUT2D eigenvalue weighted by Gasteiger charge is 2.55. The maximum absolute atomic E-state index is 12.2. The fourth-order valence-corrected chi connectivity index (χ4v) is 3.10. The fourth-order valence-electron chi connectivity index (χ4n) is 2.74. The summed E-state index contributed by atoms with van der Waals surface area (Å²) in [6.07, 6.45) is 7.05. The summed E-state index contributed by atoms with van der Waals surface area (Å²) in [6, 6.07) is 0. The normalized spacial score (nSPS) is 25.9. The van der Waals surface area contributed by atoms with Crippen LogP contribution in [0, 0.1) is 10.8 Å². The molecule has 22 heavy (non-hydrogen) atoms. The van der Waals surface area contributed by atoms with Crippen LogP contribution in [0.15, 0.2) is 47.6 Å². The van der Waals surface area contributed by atoms with Crippen molar-refractivity contribution in [3.8, 4) is 0 Å². The zero-order valence-electron chi connectivity index (χ0n) is 12.2. The SMILES string of the molecule is C=C1C=CC(C(=O)OC)(C(=O)OC)CC12C=CC(=O)C=C2Cl. The molecule has 0 aromatic heterocycles. The fraction of sp³-hybridized carbons (Fsp3) is 0.312. The second-order valence-electron chi connectivity index (χ2n) is 5.19. The van der Waals surface area contributed by atoms with Gasteiger partial charge in [-0.05, 0) is 18.1 Å². The van der Waals surface area contributed by atoms with Gasteiger partial charge in [0.05, 0.1) is 19.6 Å². The van der Waals surface area contributed by atoms with Crippen molar-refractivity contribution in [2.75, 3.05) is 14.2 Å². The van der Waals surface area contributed by atoms with E-state index in [4.69, 9.17) is 21.1 Å². The van der Waals surface area contributed by atoms with Gasteiger partial charge in [-0.15, -0.1) is 0 Å². The van der Waals surface area contributed by atoms with E-state index >= 15 is 0 Å². The molecule has 2 aliphatic rings. The maximum Gasteiger partial charge on any atom is 0.327 e. The number of methoxy groups -OCH3 is 2. The number of halogens is 1. The molecule has 116 valence electrons. The van der Waals surface area contributed by atoms with Gasteiger partial charge < -0.3 is 9.47 Å². The summed E-state index contributed by atoms with van der Waals surface area (Å²) in [4.78, 5) is 35.9.